The van der Waals surface area contributed by atoms with Crippen LogP contribution in [0.25, 0.3) is 20.4 Å². The molecule has 0 aromatic carbocycles. The highest BCUT2D eigenvalue weighted by atomic mass is 32.1. The molecule has 29 heavy (non-hydrogen) atoms. The lowest BCUT2D eigenvalue weighted by Gasteiger charge is -2.29. The van der Waals surface area contributed by atoms with E-state index in [9.17, 15) is 0 Å². The standard InChI is InChI=1S/C22H29N5OS/c1-2-3-4-5-9-23-20-19-18(24-14-25-20)17-15-7-6-8-16(15)21(26-22(17)29-19)27-10-12-28-13-11-27/h14H,2-13H2,1H3,(H,23,24,25). The van der Waals surface area contributed by atoms with Gasteiger partial charge in [0, 0.05) is 25.0 Å². The zero-order valence-electron chi connectivity index (χ0n) is 17.2. The van der Waals surface area contributed by atoms with E-state index in [1.54, 1.807) is 17.7 Å². The molecule has 3 aromatic rings. The highest BCUT2D eigenvalue weighted by Crippen LogP contribution is 2.43. The Kier molecular flexibility index (Phi) is 5.50. The number of ether oxygens (including phenoxy) is 1. The molecule has 7 heteroatoms. The third-order valence-electron chi connectivity index (χ3n) is 6.08. The second-order valence-electron chi connectivity index (χ2n) is 8.02. The Labute approximate surface area is 175 Å². The highest BCUT2D eigenvalue weighted by Gasteiger charge is 2.27. The van der Waals surface area contributed by atoms with Crippen molar-refractivity contribution in [3.05, 3.63) is 17.5 Å². The van der Waals surface area contributed by atoms with Gasteiger partial charge in [-0.3, -0.25) is 0 Å². The van der Waals surface area contributed by atoms with Crippen LogP contribution in [0.3, 0.4) is 0 Å². The number of anilines is 2. The van der Waals surface area contributed by atoms with E-state index in [0.29, 0.717) is 0 Å². The second kappa shape index (κ2) is 8.40. The van der Waals surface area contributed by atoms with Crippen molar-refractivity contribution < 1.29 is 4.74 Å². The lowest BCUT2D eigenvalue weighted by molar-refractivity contribution is 0.122. The SMILES string of the molecule is CCCCCCNc1ncnc2c1sc1nc(N3CCOCC3)c3c(c12)CCC3. The van der Waals surface area contributed by atoms with Crippen molar-refractivity contribution in [1.29, 1.82) is 0 Å². The minimum absolute atomic E-state index is 0.790. The summed E-state index contributed by atoms with van der Waals surface area (Å²) in [6, 6.07) is 0. The van der Waals surface area contributed by atoms with Crippen LogP contribution in [0.5, 0.6) is 0 Å². The molecule has 0 amide bonds. The van der Waals surface area contributed by atoms with Gasteiger partial charge in [-0.2, -0.15) is 0 Å². The Bertz CT molecular complexity index is 1010. The first-order chi connectivity index (χ1) is 14.4. The number of rotatable bonds is 7. The van der Waals surface area contributed by atoms with E-state index in [1.165, 1.54) is 54.4 Å². The zero-order valence-corrected chi connectivity index (χ0v) is 18.0. The van der Waals surface area contributed by atoms with Gasteiger partial charge in [-0.15, -0.1) is 11.3 Å². The molecule has 0 bridgehead atoms. The lowest BCUT2D eigenvalue weighted by atomic mass is 10.1. The summed E-state index contributed by atoms with van der Waals surface area (Å²) < 4.78 is 6.71. The third-order valence-corrected chi connectivity index (χ3v) is 7.16. The predicted molar refractivity (Wildman–Crippen MR) is 120 cm³/mol. The van der Waals surface area contributed by atoms with E-state index in [-0.39, 0.29) is 0 Å². The van der Waals surface area contributed by atoms with Crippen molar-refractivity contribution in [3.8, 4) is 0 Å². The van der Waals surface area contributed by atoms with Gasteiger partial charge in [-0.1, -0.05) is 26.2 Å². The van der Waals surface area contributed by atoms with Crippen LogP contribution in [-0.4, -0.2) is 47.8 Å². The van der Waals surface area contributed by atoms with E-state index in [2.05, 4.69) is 22.1 Å². The first kappa shape index (κ1) is 19.0. The fraction of sp³-hybridized carbons (Fsp3) is 0.591. The maximum absolute atomic E-state index is 5.56. The molecule has 154 valence electrons. The van der Waals surface area contributed by atoms with Gasteiger partial charge in [-0.05, 0) is 36.8 Å². The fourth-order valence-electron chi connectivity index (χ4n) is 4.60. The molecule has 0 unspecified atom stereocenters. The molecule has 1 aliphatic heterocycles. The van der Waals surface area contributed by atoms with Crippen molar-refractivity contribution in [2.45, 2.75) is 51.9 Å². The Morgan fingerprint density at radius 2 is 1.97 bits per heavy atom. The van der Waals surface area contributed by atoms with Gasteiger partial charge in [0.2, 0.25) is 0 Å². The second-order valence-corrected chi connectivity index (χ2v) is 9.01. The predicted octanol–water partition coefficient (Wildman–Crippen LogP) is 4.56. The molecule has 1 fully saturated rings. The molecule has 6 nitrogen and oxygen atoms in total. The minimum atomic E-state index is 0.790. The van der Waals surface area contributed by atoms with Crippen LogP contribution in [0, 0.1) is 0 Å². The van der Waals surface area contributed by atoms with Crippen LogP contribution in [-0.2, 0) is 17.6 Å². The molecule has 1 N–H and O–H groups in total. The summed E-state index contributed by atoms with van der Waals surface area (Å²) in [5.41, 5.74) is 3.98. The molecule has 1 saturated heterocycles. The molecule has 0 spiro atoms. The summed E-state index contributed by atoms with van der Waals surface area (Å²) >= 11 is 1.74. The first-order valence-corrected chi connectivity index (χ1v) is 11.8. The van der Waals surface area contributed by atoms with Crippen molar-refractivity contribution >= 4 is 43.4 Å². The minimum Gasteiger partial charge on any atom is -0.378 e. The number of nitrogens with zero attached hydrogens (tertiary/aromatic N) is 4. The highest BCUT2D eigenvalue weighted by molar-refractivity contribution is 7.26. The van der Waals surface area contributed by atoms with Crippen molar-refractivity contribution in [2.75, 3.05) is 43.1 Å². The Morgan fingerprint density at radius 3 is 2.83 bits per heavy atom. The van der Waals surface area contributed by atoms with Gasteiger partial charge in [0.25, 0.3) is 0 Å². The molecule has 4 heterocycles. The van der Waals surface area contributed by atoms with Gasteiger partial charge in [0.05, 0.1) is 23.4 Å². The fourth-order valence-corrected chi connectivity index (χ4v) is 5.72. The summed E-state index contributed by atoms with van der Waals surface area (Å²) in [4.78, 5) is 17.9. The van der Waals surface area contributed by atoms with Gasteiger partial charge in [0.15, 0.2) is 0 Å². The van der Waals surface area contributed by atoms with Crippen LogP contribution >= 0.6 is 11.3 Å². The Balaban J connectivity index is 1.54. The van der Waals surface area contributed by atoms with Crippen LogP contribution in [0.4, 0.5) is 11.6 Å². The van der Waals surface area contributed by atoms with E-state index < -0.39 is 0 Å². The van der Waals surface area contributed by atoms with Crippen molar-refractivity contribution in [1.82, 2.24) is 15.0 Å². The van der Waals surface area contributed by atoms with Gasteiger partial charge in [0.1, 0.15) is 22.8 Å². The zero-order chi connectivity index (χ0) is 19.6. The molecule has 1 aliphatic carbocycles. The smallest absolute Gasteiger partial charge is 0.147 e. The largest absolute Gasteiger partial charge is 0.378 e. The monoisotopic (exact) mass is 411 g/mol. The molecule has 0 atom stereocenters. The molecule has 3 aromatic heterocycles. The summed E-state index contributed by atoms with van der Waals surface area (Å²) in [5, 5.41) is 4.83. The normalized spacial score (nSPS) is 16.7. The number of aryl methyl sites for hydroxylation is 1. The number of fused-ring (bicyclic) bond motifs is 5. The number of morpholine rings is 1. The number of thiophene rings is 1. The van der Waals surface area contributed by atoms with Crippen LogP contribution in [0.1, 0.15) is 50.2 Å². The number of hydrogen-bond acceptors (Lipinski definition) is 7. The molecule has 0 radical (unpaired) electrons. The molecule has 0 saturated carbocycles. The van der Waals surface area contributed by atoms with E-state index in [4.69, 9.17) is 14.7 Å². The molecular weight excluding hydrogens is 382 g/mol. The number of unbranched alkanes of at least 4 members (excludes halogenated alkanes) is 3. The van der Waals surface area contributed by atoms with Crippen LogP contribution in [0.15, 0.2) is 6.33 Å². The third kappa shape index (κ3) is 3.55. The average Bonchev–Trinajstić information content (AvgIpc) is 3.38. The van der Waals surface area contributed by atoms with Crippen LogP contribution in [0.2, 0.25) is 0 Å². The number of nitrogens with one attached hydrogen (secondary N) is 1. The van der Waals surface area contributed by atoms with E-state index >= 15 is 0 Å². The summed E-state index contributed by atoms with van der Waals surface area (Å²) in [7, 11) is 0. The van der Waals surface area contributed by atoms with Crippen LogP contribution < -0.4 is 10.2 Å². The Hall–Kier alpha value is -1.99. The number of hydrogen-bond donors (Lipinski definition) is 1. The van der Waals surface area contributed by atoms with Gasteiger partial charge < -0.3 is 15.0 Å². The summed E-state index contributed by atoms with van der Waals surface area (Å²) in [5.74, 6) is 2.15. The quantitative estimate of drug-likeness (QED) is 0.575. The Morgan fingerprint density at radius 1 is 1.10 bits per heavy atom. The van der Waals surface area contributed by atoms with E-state index in [0.717, 1.165) is 66.6 Å². The number of pyridine rings is 1. The van der Waals surface area contributed by atoms with E-state index in [1.807, 2.05) is 0 Å². The molecular formula is C22H29N5OS. The summed E-state index contributed by atoms with van der Waals surface area (Å²) in [6.07, 6.45) is 10.2. The van der Waals surface area contributed by atoms with Crippen molar-refractivity contribution in [3.63, 3.8) is 0 Å². The average molecular weight is 412 g/mol. The molecule has 5 rings (SSSR count). The number of aromatic nitrogens is 3. The van der Waals surface area contributed by atoms with Crippen molar-refractivity contribution in [2.24, 2.45) is 0 Å². The topological polar surface area (TPSA) is 63.2 Å². The maximum Gasteiger partial charge on any atom is 0.147 e. The summed E-state index contributed by atoms with van der Waals surface area (Å²) in [6.45, 7) is 6.65. The van der Waals surface area contributed by atoms with Gasteiger partial charge in [-0.25, -0.2) is 15.0 Å². The van der Waals surface area contributed by atoms with Gasteiger partial charge >= 0.3 is 0 Å². The first-order valence-electron chi connectivity index (χ1n) is 11.0. The lowest BCUT2D eigenvalue weighted by Crippen LogP contribution is -2.37. The molecule has 2 aliphatic rings. The maximum atomic E-state index is 5.56.